The van der Waals surface area contributed by atoms with Gasteiger partial charge in [0.2, 0.25) is 0 Å². The van der Waals surface area contributed by atoms with Gasteiger partial charge < -0.3 is 9.47 Å². The van der Waals surface area contributed by atoms with E-state index in [1.165, 1.54) is 20.4 Å². The summed E-state index contributed by atoms with van der Waals surface area (Å²) in [5, 5.41) is 9.00. The molecule has 0 saturated carbocycles. The summed E-state index contributed by atoms with van der Waals surface area (Å²) in [6.45, 7) is 0. The van der Waals surface area contributed by atoms with Gasteiger partial charge in [0, 0.05) is 5.56 Å². The standard InChI is InChI=1S/C20H19N5O5S/c1-29-14-10-6-9-13(15(14)30-2)11-21-23-17(26)16(12-7-4-3-5-8-12)31-19-18(27)22-20(28)25-24-19/h3-11,16H,1-2H3,(H,23,26)(H2,22,25,27,28)/b21-11-. The van der Waals surface area contributed by atoms with Crippen LogP contribution in [0.4, 0.5) is 0 Å². The van der Waals surface area contributed by atoms with E-state index in [-0.39, 0.29) is 5.03 Å². The number of hydrogen-bond acceptors (Lipinski definition) is 8. The Bertz CT molecular complexity index is 1190. The van der Waals surface area contributed by atoms with E-state index in [1.807, 2.05) is 0 Å². The second-order valence-corrected chi connectivity index (χ2v) is 7.13. The van der Waals surface area contributed by atoms with Crippen molar-refractivity contribution in [3.8, 4) is 11.5 Å². The van der Waals surface area contributed by atoms with Crippen LogP contribution in [0.25, 0.3) is 0 Å². The quantitative estimate of drug-likeness (QED) is 0.273. The number of aromatic nitrogens is 3. The molecule has 3 rings (SSSR count). The number of methoxy groups -OCH3 is 2. The second-order valence-electron chi connectivity index (χ2n) is 6.04. The zero-order chi connectivity index (χ0) is 22.2. The third kappa shape index (κ3) is 5.39. The molecule has 0 spiro atoms. The number of rotatable bonds is 8. The number of aromatic amines is 2. The third-order valence-electron chi connectivity index (χ3n) is 4.06. The molecular formula is C20H19N5O5S. The number of ether oxygens (including phenoxy) is 2. The van der Waals surface area contributed by atoms with Crippen LogP contribution in [0.15, 0.2) is 68.2 Å². The second kappa shape index (κ2) is 10.3. The van der Waals surface area contributed by atoms with Gasteiger partial charge in [-0.3, -0.25) is 14.6 Å². The lowest BCUT2D eigenvalue weighted by atomic mass is 10.1. The van der Waals surface area contributed by atoms with Gasteiger partial charge in [0.1, 0.15) is 5.25 Å². The summed E-state index contributed by atoms with van der Waals surface area (Å²) in [6, 6.07) is 14.1. The number of benzene rings is 2. The number of hydrogen-bond donors (Lipinski definition) is 3. The fraction of sp³-hybridized carbons (Fsp3) is 0.150. The number of thioether (sulfide) groups is 1. The lowest BCUT2D eigenvalue weighted by Gasteiger charge is -2.14. The van der Waals surface area contributed by atoms with Gasteiger partial charge in [-0.25, -0.2) is 15.3 Å². The summed E-state index contributed by atoms with van der Waals surface area (Å²) in [7, 11) is 3.03. The molecule has 160 valence electrons. The number of nitrogens with zero attached hydrogens (tertiary/aromatic N) is 2. The molecule has 3 N–H and O–H groups in total. The van der Waals surface area contributed by atoms with Crippen molar-refractivity contribution in [3.63, 3.8) is 0 Å². The average Bonchev–Trinajstić information content (AvgIpc) is 2.78. The van der Waals surface area contributed by atoms with Gasteiger partial charge in [0.05, 0.1) is 20.4 Å². The summed E-state index contributed by atoms with van der Waals surface area (Å²) < 4.78 is 10.6. The highest BCUT2D eigenvalue weighted by molar-refractivity contribution is 8.00. The van der Waals surface area contributed by atoms with Crippen LogP contribution in [-0.4, -0.2) is 41.5 Å². The minimum atomic E-state index is -0.843. The molecule has 0 bridgehead atoms. The van der Waals surface area contributed by atoms with Crippen molar-refractivity contribution < 1.29 is 14.3 Å². The Morgan fingerprint density at radius 1 is 1.13 bits per heavy atom. The van der Waals surface area contributed by atoms with Gasteiger partial charge in [0.15, 0.2) is 16.5 Å². The van der Waals surface area contributed by atoms with E-state index in [2.05, 4.69) is 25.7 Å². The van der Waals surface area contributed by atoms with E-state index in [1.54, 1.807) is 48.5 Å². The fourth-order valence-corrected chi connectivity index (χ4v) is 3.60. The van der Waals surface area contributed by atoms with Gasteiger partial charge in [-0.2, -0.15) is 10.2 Å². The Hall–Kier alpha value is -3.86. The van der Waals surface area contributed by atoms with Crippen molar-refractivity contribution in [1.82, 2.24) is 20.6 Å². The lowest BCUT2D eigenvalue weighted by Crippen LogP contribution is -2.28. The number of carbonyl (C=O) groups is 1. The molecule has 11 heteroatoms. The van der Waals surface area contributed by atoms with Gasteiger partial charge in [0.25, 0.3) is 11.5 Å². The van der Waals surface area contributed by atoms with E-state index in [0.29, 0.717) is 22.6 Å². The van der Waals surface area contributed by atoms with Crippen LogP contribution in [0.1, 0.15) is 16.4 Å². The molecule has 10 nitrogen and oxygen atoms in total. The number of amides is 1. The zero-order valence-electron chi connectivity index (χ0n) is 16.6. The van der Waals surface area contributed by atoms with E-state index >= 15 is 0 Å². The SMILES string of the molecule is COc1cccc(/C=N\NC(=O)C(Sc2n[nH]c(=O)[nH]c2=O)c2ccccc2)c1OC. The van der Waals surface area contributed by atoms with E-state index in [4.69, 9.17) is 9.47 Å². The predicted molar refractivity (Wildman–Crippen MR) is 116 cm³/mol. The van der Waals surface area contributed by atoms with Crippen molar-refractivity contribution in [2.45, 2.75) is 10.3 Å². The molecule has 1 amide bonds. The first-order chi connectivity index (χ1) is 15.0. The van der Waals surface area contributed by atoms with Crippen LogP contribution < -0.4 is 26.1 Å². The van der Waals surface area contributed by atoms with Gasteiger partial charge in [-0.05, 0) is 17.7 Å². The van der Waals surface area contributed by atoms with E-state index in [0.717, 1.165) is 11.8 Å². The summed E-state index contributed by atoms with van der Waals surface area (Å²) in [6.07, 6.45) is 1.43. The molecule has 0 fully saturated rings. The number of H-pyrrole nitrogens is 2. The fourth-order valence-electron chi connectivity index (χ4n) is 2.67. The molecule has 1 heterocycles. The molecule has 1 aromatic heterocycles. The molecule has 3 aromatic rings. The molecule has 0 aliphatic heterocycles. The number of carbonyl (C=O) groups excluding carboxylic acids is 1. The summed E-state index contributed by atoms with van der Waals surface area (Å²) in [5.41, 5.74) is 2.29. The summed E-state index contributed by atoms with van der Waals surface area (Å²) >= 11 is 0.890. The summed E-state index contributed by atoms with van der Waals surface area (Å²) in [4.78, 5) is 38.2. The van der Waals surface area contributed by atoms with Gasteiger partial charge in [-0.1, -0.05) is 48.2 Å². The number of nitrogens with one attached hydrogen (secondary N) is 3. The van der Waals surface area contributed by atoms with Crippen LogP contribution in [-0.2, 0) is 4.79 Å². The van der Waals surface area contributed by atoms with E-state index < -0.39 is 22.4 Å². The first kappa shape index (κ1) is 21.8. The molecule has 31 heavy (non-hydrogen) atoms. The molecule has 1 atom stereocenters. The highest BCUT2D eigenvalue weighted by Crippen LogP contribution is 2.32. The zero-order valence-corrected chi connectivity index (χ0v) is 17.4. The number of hydrazone groups is 1. The minimum Gasteiger partial charge on any atom is -0.493 e. The average molecular weight is 441 g/mol. The van der Waals surface area contributed by atoms with Crippen molar-refractivity contribution >= 4 is 23.9 Å². The van der Waals surface area contributed by atoms with Crippen molar-refractivity contribution in [3.05, 3.63) is 80.5 Å². The smallest absolute Gasteiger partial charge is 0.342 e. The Labute approximate surface area is 180 Å². The maximum atomic E-state index is 12.9. The Balaban J connectivity index is 1.83. The van der Waals surface area contributed by atoms with Gasteiger partial charge >= 0.3 is 5.69 Å². The highest BCUT2D eigenvalue weighted by atomic mass is 32.2. The van der Waals surface area contributed by atoms with E-state index in [9.17, 15) is 14.4 Å². The van der Waals surface area contributed by atoms with Crippen LogP contribution in [0.2, 0.25) is 0 Å². The molecule has 0 saturated heterocycles. The van der Waals surface area contributed by atoms with Crippen LogP contribution in [0.3, 0.4) is 0 Å². The molecule has 0 aliphatic rings. The largest absolute Gasteiger partial charge is 0.493 e. The minimum absolute atomic E-state index is 0.0537. The Morgan fingerprint density at radius 2 is 1.90 bits per heavy atom. The monoisotopic (exact) mass is 441 g/mol. The number of para-hydroxylation sites is 1. The Kier molecular flexibility index (Phi) is 7.22. The molecular weight excluding hydrogens is 422 g/mol. The topological polar surface area (TPSA) is 139 Å². The van der Waals surface area contributed by atoms with Crippen molar-refractivity contribution in [2.24, 2.45) is 5.10 Å². The Morgan fingerprint density at radius 3 is 2.58 bits per heavy atom. The first-order valence-corrected chi connectivity index (χ1v) is 9.86. The normalized spacial score (nSPS) is 11.8. The molecule has 0 aliphatic carbocycles. The molecule has 1 unspecified atom stereocenters. The molecule has 0 radical (unpaired) electrons. The van der Waals surface area contributed by atoms with Gasteiger partial charge in [-0.15, -0.1) is 0 Å². The van der Waals surface area contributed by atoms with Crippen LogP contribution >= 0.6 is 11.8 Å². The molecule has 2 aromatic carbocycles. The van der Waals surface area contributed by atoms with Crippen molar-refractivity contribution in [2.75, 3.05) is 14.2 Å². The lowest BCUT2D eigenvalue weighted by molar-refractivity contribution is -0.120. The summed E-state index contributed by atoms with van der Waals surface area (Å²) in [5.74, 6) is 0.515. The predicted octanol–water partition coefficient (Wildman–Crippen LogP) is 1.46. The maximum absolute atomic E-state index is 12.9. The van der Waals surface area contributed by atoms with Crippen LogP contribution in [0, 0.1) is 0 Å². The highest BCUT2D eigenvalue weighted by Gasteiger charge is 2.24. The maximum Gasteiger partial charge on any atom is 0.342 e. The third-order valence-corrected chi connectivity index (χ3v) is 5.28. The van der Waals surface area contributed by atoms with Crippen molar-refractivity contribution in [1.29, 1.82) is 0 Å². The first-order valence-electron chi connectivity index (χ1n) is 8.98. The van der Waals surface area contributed by atoms with Crippen LogP contribution in [0.5, 0.6) is 11.5 Å².